The van der Waals surface area contributed by atoms with Crippen molar-refractivity contribution < 1.29 is 4.74 Å². The molecule has 1 aromatic heterocycles. The third kappa shape index (κ3) is 3.02. The molecule has 1 atom stereocenters. The monoisotopic (exact) mass is 288 g/mol. The van der Waals surface area contributed by atoms with Crippen LogP contribution in [0.2, 0.25) is 0 Å². The van der Waals surface area contributed by atoms with E-state index in [4.69, 9.17) is 4.74 Å². The predicted molar refractivity (Wildman–Crippen MR) is 83.2 cm³/mol. The lowest BCUT2D eigenvalue weighted by Gasteiger charge is -2.25. The van der Waals surface area contributed by atoms with Crippen molar-refractivity contribution in [1.29, 1.82) is 0 Å². The summed E-state index contributed by atoms with van der Waals surface area (Å²) in [5, 5.41) is 3.45. The van der Waals surface area contributed by atoms with Gasteiger partial charge in [-0.15, -0.1) is 0 Å². The molecule has 0 radical (unpaired) electrons. The summed E-state index contributed by atoms with van der Waals surface area (Å²) in [4.78, 5) is 11.2. The van der Waals surface area contributed by atoms with E-state index >= 15 is 0 Å². The molecule has 114 valence electrons. The minimum atomic E-state index is 0.360. The molecule has 0 aromatic carbocycles. The van der Waals surface area contributed by atoms with Crippen molar-refractivity contribution in [3.8, 4) is 0 Å². The zero-order valence-corrected chi connectivity index (χ0v) is 12.9. The van der Waals surface area contributed by atoms with Crippen LogP contribution in [0.3, 0.4) is 0 Å². The van der Waals surface area contributed by atoms with E-state index in [1.165, 1.54) is 18.4 Å². The highest BCUT2D eigenvalue weighted by atomic mass is 16.5. The molecule has 1 aromatic rings. The van der Waals surface area contributed by atoms with E-state index < -0.39 is 0 Å². The largest absolute Gasteiger partial charge is 0.381 e. The fourth-order valence-corrected chi connectivity index (χ4v) is 3.29. The summed E-state index contributed by atoms with van der Waals surface area (Å²) >= 11 is 0. The lowest BCUT2D eigenvalue weighted by atomic mass is 9.87. The van der Waals surface area contributed by atoms with Crippen LogP contribution in [-0.4, -0.2) is 49.2 Å². The van der Waals surface area contributed by atoms with Crippen molar-refractivity contribution in [3.05, 3.63) is 29.6 Å². The van der Waals surface area contributed by atoms with Crippen LogP contribution in [0.15, 0.2) is 23.3 Å². The SMILES string of the molecule is CN=C(NCc1ncccc1C)N1CCC2(CCOC2)C1. The molecule has 0 aliphatic carbocycles. The summed E-state index contributed by atoms with van der Waals surface area (Å²) in [5.41, 5.74) is 2.65. The van der Waals surface area contributed by atoms with Crippen LogP contribution in [0.5, 0.6) is 0 Å². The average molecular weight is 288 g/mol. The van der Waals surface area contributed by atoms with Crippen molar-refractivity contribution in [2.24, 2.45) is 10.4 Å². The smallest absolute Gasteiger partial charge is 0.193 e. The van der Waals surface area contributed by atoms with Crippen molar-refractivity contribution in [1.82, 2.24) is 15.2 Å². The van der Waals surface area contributed by atoms with Gasteiger partial charge in [0.05, 0.1) is 18.8 Å². The van der Waals surface area contributed by atoms with Crippen LogP contribution in [-0.2, 0) is 11.3 Å². The molecule has 2 fully saturated rings. The Morgan fingerprint density at radius 2 is 2.43 bits per heavy atom. The molecule has 5 heteroatoms. The normalized spacial score (nSPS) is 25.8. The van der Waals surface area contributed by atoms with E-state index in [-0.39, 0.29) is 0 Å². The number of hydrogen-bond acceptors (Lipinski definition) is 3. The number of rotatable bonds is 2. The fourth-order valence-electron chi connectivity index (χ4n) is 3.29. The first-order valence-electron chi connectivity index (χ1n) is 7.66. The molecule has 2 saturated heterocycles. The summed E-state index contributed by atoms with van der Waals surface area (Å²) in [6.45, 7) is 6.73. The van der Waals surface area contributed by atoms with Crippen molar-refractivity contribution in [2.75, 3.05) is 33.4 Å². The van der Waals surface area contributed by atoms with Gasteiger partial charge < -0.3 is 15.0 Å². The van der Waals surface area contributed by atoms with Crippen LogP contribution in [0.25, 0.3) is 0 Å². The van der Waals surface area contributed by atoms with Crippen molar-refractivity contribution >= 4 is 5.96 Å². The lowest BCUT2D eigenvalue weighted by Crippen LogP contribution is -2.41. The maximum Gasteiger partial charge on any atom is 0.193 e. The Labute approximate surface area is 126 Å². The minimum Gasteiger partial charge on any atom is -0.381 e. The first kappa shape index (κ1) is 14.3. The Balaban J connectivity index is 1.60. The van der Waals surface area contributed by atoms with Gasteiger partial charge in [-0.1, -0.05) is 6.07 Å². The second-order valence-corrected chi connectivity index (χ2v) is 6.14. The first-order valence-corrected chi connectivity index (χ1v) is 7.66. The van der Waals surface area contributed by atoms with Crippen LogP contribution in [0.1, 0.15) is 24.1 Å². The second-order valence-electron chi connectivity index (χ2n) is 6.14. The van der Waals surface area contributed by atoms with Gasteiger partial charge in [0.25, 0.3) is 0 Å². The van der Waals surface area contributed by atoms with E-state index in [1.807, 2.05) is 19.3 Å². The number of nitrogens with zero attached hydrogens (tertiary/aromatic N) is 3. The average Bonchev–Trinajstić information content (AvgIpc) is 3.12. The molecular weight excluding hydrogens is 264 g/mol. The van der Waals surface area contributed by atoms with E-state index in [0.717, 1.165) is 44.5 Å². The number of pyridine rings is 1. The Bertz CT molecular complexity index is 523. The molecule has 1 spiro atoms. The molecule has 0 amide bonds. The summed E-state index contributed by atoms with van der Waals surface area (Å²) in [5.74, 6) is 0.976. The summed E-state index contributed by atoms with van der Waals surface area (Å²) in [7, 11) is 1.85. The van der Waals surface area contributed by atoms with Gasteiger partial charge >= 0.3 is 0 Å². The van der Waals surface area contributed by atoms with Crippen molar-refractivity contribution in [3.63, 3.8) is 0 Å². The zero-order chi connectivity index (χ0) is 14.7. The van der Waals surface area contributed by atoms with E-state index in [0.29, 0.717) is 5.41 Å². The number of nitrogens with one attached hydrogen (secondary N) is 1. The van der Waals surface area contributed by atoms with Gasteiger partial charge in [-0.2, -0.15) is 0 Å². The van der Waals surface area contributed by atoms with Gasteiger partial charge in [0.2, 0.25) is 0 Å². The number of aliphatic imine (C=N–C) groups is 1. The number of likely N-dealkylation sites (tertiary alicyclic amines) is 1. The molecule has 3 rings (SSSR count). The Morgan fingerprint density at radius 1 is 1.52 bits per heavy atom. The maximum absolute atomic E-state index is 5.59. The molecule has 0 saturated carbocycles. The lowest BCUT2D eigenvalue weighted by molar-refractivity contribution is 0.156. The van der Waals surface area contributed by atoms with Crippen LogP contribution >= 0.6 is 0 Å². The Morgan fingerprint density at radius 3 is 3.14 bits per heavy atom. The zero-order valence-electron chi connectivity index (χ0n) is 12.9. The van der Waals surface area contributed by atoms with Crippen LogP contribution in [0, 0.1) is 12.3 Å². The second kappa shape index (κ2) is 6.02. The molecule has 21 heavy (non-hydrogen) atoms. The summed E-state index contributed by atoms with van der Waals surface area (Å²) < 4.78 is 5.59. The molecule has 2 aliphatic rings. The molecular formula is C16H24N4O. The van der Waals surface area contributed by atoms with Gasteiger partial charge in [-0.25, -0.2) is 0 Å². The predicted octanol–water partition coefficient (Wildman–Crippen LogP) is 1.58. The quantitative estimate of drug-likeness (QED) is 0.663. The fraction of sp³-hybridized carbons (Fsp3) is 0.625. The van der Waals surface area contributed by atoms with Gasteiger partial charge in [-0.3, -0.25) is 9.98 Å². The van der Waals surface area contributed by atoms with Gasteiger partial charge in [0.1, 0.15) is 0 Å². The maximum atomic E-state index is 5.59. The third-order valence-corrected chi connectivity index (χ3v) is 4.67. The minimum absolute atomic E-state index is 0.360. The highest BCUT2D eigenvalue weighted by molar-refractivity contribution is 5.80. The van der Waals surface area contributed by atoms with Crippen LogP contribution < -0.4 is 5.32 Å². The third-order valence-electron chi connectivity index (χ3n) is 4.67. The van der Waals surface area contributed by atoms with Crippen molar-refractivity contribution in [2.45, 2.75) is 26.3 Å². The number of aryl methyl sites for hydroxylation is 1. The molecule has 1 N–H and O–H groups in total. The molecule has 3 heterocycles. The van der Waals surface area contributed by atoms with E-state index in [1.54, 1.807) is 0 Å². The number of aromatic nitrogens is 1. The van der Waals surface area contributed by atoms with Crippen LogP contribution in [0.4, 0.5) is 0 Å². The summed E-state index contributed by atoms with van der Waals surface area (Å²) in [6, 6.07) is 4.06. The van der Waals surface area contributed by atoms with Gasteiger partial charge in [-0.05, 0) is 31.4 Å². The molecule has 5 nitrogen and oxygen atoms in total. The van der Waals surface area contributed by atoms with Gasteiger partial charge in [0.15, 0.2) is 5.96 Å². The van der Waals surface area contributed by atoms with E-state index in [2.05, 4.69) is 33.2 Å². The summed E-state index contributed by atoms with van der Waals surface area (Å²) in [6.07, 6.45) is 4.23. The number of hydrogen-bond donors (Lipinski definition) is 1. The highest BCUT2D eigenvalue weighted by Gasteiger charge is 2.42. The molecule has 2 aliphatic heterocycles. The standard InChI is InChI=1S/C16H24N4O/c1-13-4-3-7-18-14(13)10-19-15(17-2)20-8-5-16(11-20)6-9-21-12-16/h3-4,7H,5-6,8-12H2,1-2H3,(H,17,19). The Hall–Kier alpha value is -1.62. The van der Waals surface area contributed by atoms with Gasteiger partial charge in [0, 0.05) is 38.4 Å². The molecule has 0 bridgehead atoms. The number of guanidine groups is 1. The Kier molecular flexibility index (Phi) is 4.10. The van der Waals surface area contributed by atoms with E-state index in [9.17, 15) is 0 Å². The highest BCUT2D eigenvalue weighted by Crippen LogP contribution is 2.38. The topological polar surface area (TPSA) is 49.8 Å². The first-order chi connectivity index (χ1) is 10.2. The number of ether oxygens (including phenoxy) is 1. The molecule has 1 unspecified atom stereocenters.